The van der Waals surface area contributed by atoms with Crippen molar-refractivity contribution >= 4 is 11.7 Å². The second-order valence-corrected chi connectivity index (χ2v) is 3.51. The highest BCUT2D eigenvalue weighted by Crippen LogP contribution is 2.03. The second-order valence-electron chi connectivity index (χ2n) is 3.51. The summed E-state index contributed by atoms with van der Waals surface area (Å²) >= 11 is 0. The molecule has 1 amide bonds. The molecule has 0 saturated heterocycles. The summed E-state index contributed by atoms with van der Waals surface area (Å²) in [6.07, 6.45) is 4.88. The van der Waals surface area contributed by atoms with E-state index in [4.69, 9.17) is 5.73 Å². The van der Waals surface area contributed by atoms with Crippen molar-refractivity contribution in [1.29, 1.82) is 0 Å². The topological polar surface area (TPSA) is 80.9 Å². The fourth-order valence-corrected chi connectivity index (χ4v) is 1.37. The zero-order chi connectivity index (χ0) is 12.1. The predicted octanol–water partition coefficient (Wildman–Crippen LogP) is 0.989. The van der Waals surface area contributed by atoms with E-state index in [2.05, 4.69) is 15.3 Å². The summed E-state index contributed by atoms with van der Waals surface area (Å²) < 4.78 is 0. The molecule has 0 unspecified atom stereocenters. The molecule has 0 saturated carbocycles. The van der Waals surface area contributed by atoms with Gasteiger partial charge in [-0.15, -0.1) is 0 Å². The first-order chi connectivity index (χ1) is 8.25. The number of aromatic nitrogens is 2. The van der Waals surface area contributed by atoms with Crippen LogP contribution in [0.1, 0.15) is 15.9 Å². The van der Waals surface area contributed by atoms with Crippen molar-refractivity contribution in [3.63, 3.8) is 0 Å². The first-order valence-corrected chi connectivity index (χ1v) is 5.14. The molecule has 0 fully saturated rings. The maximum atomic E-state index is 11.8. The molecule has 5 heteroatoms. The number of nitrogens with two attached hydrogens (primary N) is 1. The van der Waals surface area contributed by atoms with E-state index in [0.29, 0.717) is 17.9 Å². The summed E-state index contributed by atoms with van der Waals surface area (Å²) in [5, 5.41) is 2.79. The zero-order valence-electron chi connectivity index (χ0n) is 9.13. The van der Waals surface area contributed by atoms with Crippen LogP contribution in [0.3, 0.4) is 0 Å². The standard InChI is InChI=1S/C12H12N4O/c13-11-7-10(3-6-15-11)12(17)16-8-9-1-4-14-5-2-9/h1-7H,8H2,(H2,13,15)(H,16,17). The fraction of sp³-hybridized carbons (Fsp3) is 0.0833. The molecule has 5 nitrogen and oxygen atoms in total. The Kier molecular flexibility index (Phi) is 3.30. The van der Waals surface area contributed by atoms with Gasteiger partial charge in [0, 0.05) is 30.7 Å². The van der Waals surface area contributed by atoms with E-state index >= 15 is 0 Å². The number of carbonyl (C=O) groups excluding carboxylic acids is 1. The summed E-state index contributed by atoms with van der Waals surface area (Å²) in [4.78, 5) is 19.5. The Hall–Kier alpha value is -2.43. The van der Waals surface area contributed by atoms with E-state index < -0.39 is 0 Å². The minimum atomic E-state index is -0.170. The van der Waals surface area contributed by atoms with Gasteiger partial charge in [-0.25, -0.2) is 4.98 Å². The van der Waals surface area contributed by atoms with Gasteiger partial charge < -0.3 is 11.1 Å². The summed E-state index contributed by atoms with van der Waals surface area (Å²) in [7, 11) is 0. The van der Waals surface area contributed by atoms with Crippen molar-refractivity contribution in [3.05, 3.63) is 54.0 Å². The van der Waals surface area contributed by atoms with Crippen molar-refractivity contribution < 1.29 is 4.79 Å². The molecule has 0 radical (unpaired) electrons. The Morgan fingerprint density at radius 3 is 2.71 bits per heavy atom. The Labute approximate surface area is 98.7 Å². The van der Waals surface area contributed by atoms with Gasteiger partial charge in [-0.1, -0.05) is 0 Å². The number of carbonyl (C=O) groups is 1. The molecule has 0 aliphatic carbocycles. The number of anilines is 1. The fourth-order valence-electron chi connectivity index (χ4n) is 1.37. The highest BCUT2D eigenvalue weighted by Gasteiger charge is 2.05. The molecule has 2 heterocycles. The average molecular weight is 228 g/mol. The second kappa shape index (κ2) is 5.07. The van der Waals surface area contributed by atoms with Gasteiger partial charge in [-0.2, -0.15) is 0 Å². The molecular weight excluding hydrogens is 216 g/mol. The minimum Gasteiger partial charge on any atom is -0.384 e. The molecule has 0 bridgehead atoms. The molecule has 86 valence electrons. The number of rotatable bonds is 3. The maximum Gasteiger partial charge on any atom is 0.251 e. The summed E-state index contributed by atoms with van der Waals surface area (Å²) in [5.74, 6) is 0.164. The lowest BCUT2D eigenvalue weighted by molar-refractivity contribution is 0.0951. The van der Waals surface area contributed by atoms with Crippen molar-refractivity contribution in [2.45, 2.75) is 6.54 Å². The third kappa shape index (κ3) is 3.01. The Balaban J connectivity index is 1.98. The molecule has 2 aromatic rings. The first-order valence-electron chi connectivity index (χ1n) is 5.14. The molecule has 0 atom stereocenters. The van der Waals surface area contributed by atoms with E-state index in [1.807, 2.05) is 12.1 Å². The largest absolute Gasteiger partial charge is 0.384 e. The summed E-state index contributed by atoms with van der Waals surface area (Å²) in [6.45, 7) is 0.462. The van der Waals surface area contributed by atoms with E-state index in [9.17, 15) is 4.79 Å². The van der Waals surface area contributed by atoms with Crippen LogP contribution in [-0.4, -0.2) is 15.9 Å². The summed E-state index contributed by atoms with van der Waals surface area (Å²) in [5.41, 5.74) is 7.01. The van der Waals surface area contributed by atoms with Crippen molar-refractivity contribution in [3.8, 4) is 0 Å². The zero-order valence-corrected chi connectivity index (χ0v) is 9.13. The summed E-state index contributed by atoms with van der Waals surface area (Å²) in [6, 6.07) is 6.86. The van der Waals surface area contributed by atoms with Crippen LogP contribution in [0.2, 0.25) is 0 Å². The lowest BCUT2D eigenvalue weighted by Gasteiger charge is -2.05. The molecule has 2 rings (SSSR count). The van der Waals surface area contributed by atoms with Gasteiger partial charge >= 0.3 is 0 Å². The molecule has 0 aromatic carbocycles. The van der Waals surface area contributed by atoms with E-state index in [-0.39, 0.29) is 5.91 Å². The van der Waals surface area contributed by atoms with Crippen LogP contribution in [0.5, 0.6) is 0 Å². The number of nitrogen functional groups attached to an aromatic ring is 1. The number of pyridine rings is 2. The van der Waals surface area contributed by atoms with Crippen LogP contribution < -0.4 is 11.1 Å². The van der Waals surface area contributed by atoms with Gasteiger partial charge in [0.2, 0.25) is 0 Å². The smallest absolute Gasteiger partial charge is 0.251 e. The minimum absolute atomic E-state index is 0.170. The Bertz CT molecular complexity index is 513. The van der Waals surface area contributed by atoms with Gasteiger partial charge in [0.25, 0.3) is 5.91 Å². The molecule has 2 aromatic heterocycles. The van der Waals surface area contributed by atoms with Crippen LogP contribution in [0.15, 0.2) is 42.9 Å². The van der Waals surface area contributed by atoms with E-state index in [1.54, 1.807) is 24.5 Å². The van der Waals surface area contributed by atoms with Crippen LogP contribution in [0, 0.1) is 0 Å². The van der Waals surface area contributed by atoms with Gasteiger partial charge in [0.15, 0.2) is 0 Å². The molecule has 0 spiro atoms. The molecule has 3 N–H and O–H groups in total. The molecule has 0 aliphatic heterocycles. The quantitative estimate of drug-likeness (QED) is 0.820. The van der Waals surface area contributed by atoms with Crippen molar-refractivity contribution in [2.24, 2.45) is 0 Å². The van der Waals surface area contributed by atoms with Gasteiger partial charge in [0.1, 0.15) is 5.82 Å². The van der Waals surface area contributed by atoms with E-state index in [0.717, 1.165) is 5.56 Å². The Morgan fingerprint density at radius 1 is 1.24 bits per heavy atom. The monoisotopic (exact) mass is 228 g/mol. The Morgan fingerprint density at radius 2 is 2.00 bits per heavy atom. The SMILES string of the molecule is Nc1cc(C(=O)NCc2ccncc2)ccn1. The highest BCUT2D eigenvalue weighted by atomic mass is 16.1. The van der Waals surface area contributed by atoms with Gasteiger partial charge in [-0.3, -0.25) is 9.78 Å². The van der Waals surface area contributed by atoms with Crippen LogP contribution >= 0.6 is 0 Å². The normalized spacial score (nSPS) is 9.88. The number of hydrogen-bond acceptors (Lipinski definition) is 4. The maximum absolute atomic E-state index is 11.8. The van der Waals surface area contributed by atoms with Crippen LogP contribution in [-0.2, 0) is 6.54 Å². The number of nitrogens with zero attached hydrogens (tertiary/aromatic N) is 2. The molecule has 0 aliphatic rings. The third-order valence-electron chi connectivity index (χ3n) is 2.25. The first kappa shape index (κ1) is 11.1. The molecule has 17 heavy (non-hydrogen) atoms. The van der Waals surface area contributed by atoms with Crippen LogP contribution in [0.25, 0.3) is 0 Å². The lowest BCUT2D eigenvalue weighted by atomic mass is 10.2. The number of nitrogens with one attached hydrogen (secondary N) is 1. The van der Waals surface area contributed by atoms with Gasteiger partial charge in [-0.05, 0) is 29.8 Å². The molecular formula is C12H12N4O. The number of amides is 1. The average Bonchev–Trinajstić information content (AvgIpc) is 2.37. The van der Waals surface area contributed by atoms with Crippen molar-refractivity contribution in [2.75, 3.05) is 5.73 Å². The highest BCUT2D eigenvalue weighted by molar-refractivity contribution is 5.94. The van der Waals surface area contributed by atoms with E-state index in [1.165, 1.54) is 6.20 Å². The number of hydrogen-bond donors (Lipinski definition) is 2. The third-order valence-corrected chi connectivity index (χ3v) is 2.25. The lowest BCUT2D eigenvalue weighted by Crippen LogP contribution is -2.22. The van der Waals surface area contributed by atoms with Crippen LogP contribution in [0.4, 0.5) is 5.82 Å². The predicted molar refractivity (Wildman–Crippen MR) is 64.1 cm³/mol. The van der Waals surface area contributed by atoms with Crippen molar-refractivity contribution in [1.82, 2.24) is 15.3 Å². The van der Waals surface area contributed by atoms with Gasteiger partial charge in [0.05, 0.1) is 0 Å².